The van der Waals surface area contributed by atoms with Gasteiger partial charge in [0.25, 0.3) is 0 Å². The molecule has 2 aromatic heterocycles. The van der Waals surface area contributed by atoms with Crippen LogP contribution in [0.2, 0.25) is 0 Å². The molecular formula is C21H23N3O2. The van der Waals surface area contributed by atoms with Crippen molar-refractivity contribution in [3.05, 3.63) is 65.7 Å². The number of rotatable bonds is 4. The van der Waals surface area contributed by atoms with Crippen molar-refractivity contribution in [3.8, 4) is 11.1 Å². The van der Waals surface area contributed by atoms with E-state index in [-0.39, 0.29) is 17.7 Å². The largest absolute Gasteiger partial charge is 0.359 e. The first-order valence-corrected chi connectivity index (χ1v) is 8.59. The third-order valence-corrected chi connectivity index (χ3v) is 4.04. The normalized spacial score (nSPS) is 11.4. The Kier molecular flexibility index (Phi) is 4.89. The van der Waals surface area contributed by atoms with E-state index < -0.39 is 0 Å². The van der Waals surface area contributed by atoms with E-state index in [1.165, 1.54) is 0 Å². The zero-order valence-electron chi connectivity index (χ0n) is 15.5. The summed E-state index contributed by atoms with van der Waals surface area (Å²) >= 11 is 0. The van der Waals surface area contributed by atoms with Gasteiger partial charge in [0.05, 0.1) is 6.42 Å². The quantitative estimate of drug-likeness (QED) is 0.752. The van der Waals surface area contributed by atoms with Gasteiger partial charge in [0.1, 0.15) is 5.76 Å². The maximum atomic E-state index is 12.2. The van der Waals surface area contributed by atoms with Gasteiger partial charge in [-0.2, -0.15) is 0 Å². The fourth-order valence-corrected chi connectivity index (χ4v) is 2.59. The summed E-state index contributed by atoms with van der Waals surface area (Å²) in [5.41, 5.74) is 4.06. The Labute approximate surface area is 153 Å². The number of pyridine rings is 1. The highest BCUT2D eigenvalue weighted by atomic mass is 16.5. The molecule has 0 unspecified atom stereocenters. The minimum absolute atomic E-state index is 0.122. The van der Waals surface area contributed by atoms with E-state index in [4.69, 9.17) is 4.52 Å². The predicted molar refractivity (Wildman–Crippen MR) is 102 cm³/mol. The minimum atomic E-state index is -0.142. The van der Waals surface area contributed by atoms with Crippen LogP contribution in [-0.2, 0) is 16.6 Å². The molecular weight excluding hydrogens is 326 g/mol. The van der Waals surface area contributed by atoms with Gasteiger partial charge in [-0.15, -0.1) is 0 Å². The summed E-state index contributed by atoms with van der Waals surface area (Å²) in [7, 11) is 0. The average Bonchev–Trinajstić information content (AvgIpc) is 3.04. The molecule has 0 radical (unpaired) electrons. The highest BCUT2D eigenvalue weighted by Crippen LogP contribution is 2.24. The second-order valence-corrected chi connectivity index (χ2v) is 7.50. The Balaban J connectivity index is 1.64. The van der Waals surface area contributed by atoms with Crippen LogP contribution in [0, 0.1) is 6.92 Å². The number of benzene rings is 1. The van der Waals surface area contributed by atoms with Gasteiger partial charge in [0, 0.05) is 29.4 Å². The highest BCUT2D eigenvalue weighted by Gasteiger charge is 2.20. The van der Waals surface area contributed by atoms with E-state index in [9.17, 15) is 4.79 Å². The smallest absolute Gasteiger partial charge is 0.230 e. The summed E-state index contributed by atoms with van der Waals surface area (Å²) in [5, 5.41) is 6.70. The van der Waals surface area contributed by atoms with Gasteiger partial charge in [-0.25, -0.2) is 0 Å². The van der Waals surface area contributed by atoms with Crippen LogP contribution in [0.3, 0.4) is 0 Å². The Morgan fingerprint density at radius 2 is 1.81 bits per heavy atom. The van der Waals surface area contributed by atoms with E-state index in [1.54, 1.807) is 6.07 Å². The number of hydrogen-bond donors (Lipinski definition) is 1. The lowest BCUT2D eigenvalue weighted by Gasteiger charge is -2.12. The molecule has 134 valence electrons. The molecule has 5 heteroatoms. The zero-order chi connectivity index (χ0) is 18.7. The van der Waals surface area contributed by atoms with E-state index in [0.717, 1.165) is 28.0 Å². The number of hydrogen-bond acceptors (Lipinski definition) is 4. The monoisotopic (exact) mass is 349 g/mol. The van der Waals surface area contributed by atoms with Crippen LogP contribution >= 0.6 is 0 Å². The lowest BCUT2D eigenvalue weighted by Crippen LogP contribution is -2.14. The van der Waals surface area contributed by atoms with E-state index in [0.29, 0.717) is 5.82 Å². The van der Waals surface area contributed by atoms with Crippen LogP contribution in [0.4, 0.5) is 5.82 Å². The third-order valence-electron chi connectivity index (χ3n) is 4.04. The van der Waals surface area contributed by atoms with Crippen molar-refractivity contribution >= 4 is 11.7 Å². The summed E-state index contributed by atoms with van der Waals surface area (Å²) in [6.45, 7) is 8.11. The molecule has 0 bridgehead atoms. The number of amides is 1. The molecule has 0 aliphatic carbocycles. The number of carbonyl (C=O) groups excluding carboxylic acids is 1. The summed E-state index contributed by atoms with van der Waals surface area (Å²) in [4.78, 5) is 16.5. The maximum Gasteiger partial charge on any atom is 0.230 e. The van der Waals surface area contributed by atoms with Gasteiger partial charge >= 0.3 is 0 Å². The Bertz CT molecular complexity index is 906. The predicted octanol–water partition coefficient (Wildman–Crippen LogP) is 4.52. The van der Waals surface area contributed by atoms with Crippen molar-refractivity contribution < 1.29 is 9.32 Å². The molecule has 26 heavy (non-hydrogen) atoms. The molecule has 0 aliphatic rings. The fourth-order valence-electron chi connectivity index (χ4n) is 2.59. The molecule has 1 amide bonds. The van der Waals surface area contributed by atoms with Gasteiger partial charge < -0.3 is 9.84 Å². The SMILES string of the molecule is Cc1cncc(-c2ccc(CC(=O)Nc3cc(C(C)(C)C)on3)cc2)c1. The molecule has 1 aromatic carbocycles. The molecule has 0 saturated heterocycles. The Hall–Kier alpha value is -2.95. The second kappa shape index (κ2) is 7.12. The second-order valence-electron chi connectivity index (χ2n) is 7.50. The topological polar surface area (TPSA) is 68.0 Å². The number of nitrogens with one attached hydrogen (secondary N) is 1. The van der Waals surface area contributed by atoms with Crippen LogP contribution < -0.4 is 5.32 Å². The summed E-state index contributed by atoms with van der Waals surface area (Å²) in [5.74, 6) is 1.06. The van der Waals surface area contributed by atoms with Gasteiger partial charge in [0.2, 0.25) is 5.91 Å². The first kappa shape index (κ1) is 17.9. The molecule has 1 N–H and O–H groups in total. The van der Waals surface area contributed by atoms with Crippen LogP contribution in [0.25, 0.3) is 11.1 Å². The van der Waals surface area contributed by atoms with Crippen LogP contribution in [-0.4, -0.2) is 16.0 Å². The molecule has 0 spiro atoms. The average molecular weight is 349 g/mol. The van der Waals surface area contributed by atoms with Crippen molar-refractivity contribution in [2.75, 3.05) is 5.32 Å². The Morgan fingerprint density at radius 3 is 2.42 bits per heavy atom. The molecule has 0 aliphatic heterocycles. The standard InChI is InChI=1S/C21H23N3O2/c1-14-9-17(13-22-12-14)16-7-5-15(6-8-16)10-20(25)23-19-11-18(26-24-19)21(2,3)4/h5-9,11-13H,10H2,1-4H3,(H,23,24,25). The van der Waals surface area contributed by atoms with Crippen LogP contribution in [0.1, 0.15) is 37.7 Å². The van der Waals surface area contributed by atoms with Crippen molar-refractivity contribution in [1.29, 1.82) is 0 Å². The van der Waals surface area contributed by atoms with E-state index >= 15 is 0 Å². The molecule has 3 rings (SSSR count). The van der Waals surface area contributed by atoms with Crippen LogP contribution in [0.5, 0.6) is 0 Å². The summed E-state index contributed by atoms with van der Waals surface area (Å²) < 4.78 is 5.28. The fraction of sp³-hybridized carbons (Fsp3) is 0.286. The molecule has 0 saturated carbocycles. The lowest BCUT2D eigenvalue weighted by atomic mass is 9.93. The first-order valence-electron chi connectivity index (χ1n) is 8.59. The maximum absolute atomic E-state index is 12.2. The minimum Gasteiger partial charge on any atom is -0.359 e. The van der Waals surface area contributed by atoms with Gasteiger partial charge in [-0.3, -0.25) is 9.78 Å². The summed E-state index contributed by atoms with van der Waals surface area (Å²) in [6, 6.07) is 11.8. The van der Waals surface area contributed by atoms with Crippen LogP contribution in [0.15, 0.2) is 53.3 Å². The number of anilines is 1. The number of aromatic nitrogens is 2. The lowest BCUT2D eigenvalue weighted by molar-refractivity contribution is -0.115. The zero-order valence-corrected chi connectivity index (χ0v) is 15.5. The van der Waals surface area contributed by atoms with Crippen molar-refractivity contribution in [1.82, 2.24) is 10.1 Å². The molecule has 0 atom stereocenters. The van der Waals surface area contributed by atoms with Crippen molar-refractivity contribution in [3.63, 3.8) is 0 Å². The number of carbonyl (C=O) groups is 1. The van der Waals surface area contributed by atoms with Gasteiger partial charge in [-0.1, -0.05) is 50.2 Å². The first-order chi connectivity index (χ1) is 12.3. The molecule has 2 heterocycles. The van der Waals surface area contributed by atoms with Crippen molar-refractivity contribution in [2.45, 2.75) is 39.5 Å². The third kappa shape index (κ3) is 4.36. The summed E-state index contributed by atoms with van der Waals surface area (Å²) in [6.07, 6.45) is 3.95. The van der Waals surface area contributed by atoms with E-state index in [1.807, 2.05) is 64.4 Å². The van der Waals surface area contributed by atoms with Gasteiger partial charge in [0.15, 0.2) is 5.82 Å². The van der Waals surface area contributed by atoms with Gasteiger partial charge in [-0.05, 0) is 29.7 Å². The molecule has 0 fully saturated rings. The molecule has 3 aromatic rings. The Morgan fingerprint density at radius 1 is 1.08 bits per heavy atom. The van der Waals surface area contributed by atoms with E-state index in [2.05, 4.69) is 21.5 Å². The number of nitrogens with zero attached hydrogens (tertiary/aromatic N) is 2. The van der Waals surface area contributed by atoms with Crippen molar-refractivity contribution in [2.24, 2.45) is 0 Å². The molecule has 5 nitrogen and oxygen atoms in total. The highest BCUT2D eigenvalue weighted by molar-refractivity contribution is 5.91. The number of aryl methyl sites for hydroxylation is 1.